The molecule has 3 rings (SSSR count). The number of hydrogen-bond acceptors (Lipinski definition) is 5. The molecule has 3 heterocycles. The summed E-state index contributed by atoms with van der Waals surface area (Å²) in [5.74, 6) is 0.875. The Bertz CT molecular complexity index is 740. The first-order valence-corrected chi connectivity index (χ1v) is 8.12. The number of fused-ring (bicyclic) bond motifs is 1. The van der Waals surface area contributed by atoms with Crippen molar-refractivity contribution in [2.45, 2.75) is 13.0 Å². The van der Waals surface area contributed by atoms with Crippen LogP contribution < -0.4 is 5.73 Å². The quantitative estimate of drug-likeness (QED) is 0.897. The summed E-state index contributed by atoms with van der Waals surface area (Å²) in [4.78, 5) is 8.42. The van der Waals surface area contributed by atoms with Crippen LogP contribution in [-0.2, 0) is 16.4 Å². The molecule has 0 aromatic carbocycles. The van der Waals surface area contributed by atoms with Crippen LogP contribution in [0.5, 0.6) is 0 Å². The zero-order valence-corrected chi connectivity index (χ0v) is 11.7. The molecule has 1 aliphatic heterocycles. The molecule has 0 saturated carbocycles. The second-order valence-electron chi connectivity index (χ2n) is 4.85. The van der Waals surface area contributed by atoms with Crippen LogP contribution in [-0.4, -0.2) is 34.5 Å². The fourth-order valence-corrected chi connectivity index (χ4v) is 4.46. The molecular formula is C11H13ClN4O2S. The molecule has 2 N–H and O–H groups in total. The van der Waals surface area contributed by atoms with Gasteiger partial charge in [-0.15, -0.1) is 0 Å². The van der Waals surface area contributed by atoms with Crippen molar-refractivity contribution in [1.82, 2.24) is 14.5 Å². The minimum Gasteiger partial charge on any atom is -0.369 e. The number of pyridine rings is 1. The highest BCUT2D eigenvalue weighted by molar-refractivity contribution is 7.91. The van der Waals surface area contributed by atoms with Crippen molar-refractivity contribution in [3.63, 3.8) is 0 Å². The van der Waals surface area contributed by atoms with Gasteiger partial charge < -0.3 is 5.73 Å². The number of nitrogens with two attached hydrogens (primary N) is 1. The summed E-state index contributed by atoms with van der Waals surface area (Å²) in [6.07, 6.45) is 2.20. The van der Waals surface area contributed by atoms with Crippen molar-refractivity contribution in [3.8, 4) is 0 Å². The van der Waals surface area contributed by atoms with Gasteiger partial charge in [0.25, 0.3) is 0 Å². The van der Waals surface area contributed by atoms with E-state index in [0.717, 1.165) is 0 Å². The SMILES string of the molecule is Nc1nc2cc(Cl)cnc2n1CC1CCS(=O)(=O)C1. The maximum Gasteiger partial charge on any atom is 0.202 e. The Morgan fingerprint density at radius 2 is 2.32 bits per heavy atom. The van der Waals surface area contributed by atoms with E-state index in [9.17, 15) is 8.42 Å². The van der Waals surface area contributed by atoms with Gasteiger partial charge in [-0.05, 0) is 18.4 Å². The molecule has 0 spiro atoms. The van der Waals surface area contributed by atoms with Crippen LogP contribution in [0.4, 0.5) is 5.95 Å². The number of sulfone groups is 1. The number of nitrogen functional groups attached to an aromatic ring is 1. The van der Waals surface area contributed by atoms with Gasteiger partial charge in [-0.2, -0.15) is 0 Å². The van der Waals surface area contributed by atoms with Gasteiger partial charge in [0.05, 0.1) is 16.5 Å². The van der Waals surface area contributed by atoms with Gasteiger partial charge in [0.2, 0.25) is 5.95 Å². The first-order valence-electron chi connectivity index (χ1n) is 5.92. The van der Waals surface area contributed by atoms with Gasteiger partial charge in [-0.1, -0.05) is 11.6 Å². The number of rotatable bonds is 2. The van der Waals surface area contributed by atoms with Crippen LogP contribution in [0.15, 0.2) is 12.3 Å². The van der Waals surface area contributed by atoms with Crippen molar-refractivity contribution >= 4 is 38.6 Å². The van der Waals surface area contributed by atoms with E-state index in [4.69, 9.17) is 17.3 Å². The Balaban J connectivity index is 1.95. The average molecular weight is 301 g/mol. The highest BCUT2D eigenvalue weighted by Gasteiger charge is 2.29. The van der Waals surface area contributed by atoms with E-state index in [1.165, 1.54) is 6.20 Å². The summed E-state index contributed by atoms with van der Waals surface area (Å²) in [6, 6.07) is 1.70. The number of aromatic nitrogens is 3. The average Bonchev–Trinajstić information content (AvgIpc) is 2.80. The van der Waals surface area contributed by atoms with Gasteiger partial charge in [-0.25, -0.2) is 18.4 Å². The molecule has 6 nitrogen and oxygen atoms in total. The number of imidazole rings is 1. The zero-order valence-electron chi connectivity index (χ0n) is 10.1. The number of halogens is 1. The van der Waals surface area contributed by atoms with E-state index in [2.05, 4.69) is 9.97 Å². The third-order valence-corrected chi connectivity index (χ3v) is 5.39. The Kier molecular flexibility index (Phi) is 2.90. The normalized spacial score (nSPS) is 22.1. The monoisotopic (exact) mass is 300 g/mol. The predicted octanol–water partition coefficient (Wildman–Crippen LogP) is 1.10. The van der Waals surface area contributed by atoms with Crippen LogP contribution >= 0.6 is 11.6 Å². The van der Waals surface area contributed by atoms with E-state index in [0.29, 0.717) is 35.1 Å². The summed E-state index contributed by atoms with van der Waals surface area (Å²) < 4.78 is 24.7. The van der Waals surface area contributed by atoms with Gasteiger partial charge in [0, 0.05) is 12.7 Å². The zero-order chi connectivity index (χ0) is 13.6. The lowest BCUT2D eigenvalue weighted by atomic mass is 10.1. The molecule has 2 aromatic heterocycles. The van der Waals surface area contributed by atoms with Crippen molar-refractivity contribution in [3.05, 3.63) is 17.3 Å². The van der Waals surface area contributed by atoms with E-state index < -0.39 is 9.84 Å². The minimum atomic E-state index is -2.89. The maximum absolute atomic E-state index is 11.5. The Hall–Kier alpha value is -1.34. The molecule has 1 unspecified atom stereocenters. The van der Waals surface area contributed by atoms with Gasteiger partial charge in [-0.3, -0.25) is 4.57 Å². The predicted molar refractivity (Wildman–Crippen MR) is 73.7 cm³/mol. The summed E-state index contributed by atoms with van der Waals surface area (Å²) in [5, 5.41) is 0.501. The fraction of sp³-hybridized carbons (Fsp3) is 0.455. The van der Waals surface area contributed by atoms with E-state index in [1.54, 1.807) is 10.6 Å². The lowest BCUT2D eigenvalue weighted by Gasteiger charge is -2.10. The molecule has 1 fully saturated rings. The van der Waals surface area contributed by atoms with Gasteiger partial charge in [0.1, 0.15) is 5.52 Å². The molecule has 19 heavy (non-hydrogen) atoms. The molecule has 8 heteroatoms. The molecular weight excluding hydrogens is 288 g/mol. The largest absolute Gasteiger partial charge is 0.369 e. The second kappa shape index (κ2) is 4.35. The Morgan fingerprint density at radius 3 is 3.00 bits per heavy atom. The summed E-state index contributed by atoms with van der Waals surface area (Å²) >= 11 is 5.86. The number of anilines is 1. The van der Waals surface area contributed by atoms with Crippen molar-refractivity contribution < 1.29 is 8.42 Å². The van der Waals surface area contributed by atoms with Crippen LogP contribution in [0.3, 0.4) is 0 Å². The molecule has 0 aliphatic carbocycles. The highest BCUT2D eigenvalue weighted by atomic mass is 35.5. The smallest absolute Gasteiger partial charge is 0.202 e. The molecule has 0 radical (unpaired) electrons. The summed E-state index contributed by atoms with van der Waals surface area (Å²) in [7, 11) is -2.89. The molecule has 2 aromatic rings. The lowest BCUT2D eigenvalue weighted by Crippen LogP contribution is -2.14. The number of hydrogen-bond donors (Lipinski definition) is 1. The standard InChI is InChI=1S/C11H13ClN4O2S/c12-8-3-9-10(14-4-8)16(11(13)15-9)5-7-1-2-19(17,18)6-7/h3-4,7H,1-2,5-6H2,(H2,13,15). The van der Waals surface area contributed by atoms with Crippen molar-refractivity contribution in [2.24, 2.45) is 5.92 Å². The van der Waals surface area contributed by atoms with Crippen LogP contribution in [0.1, 0.15) is 6.42 Å². The topological polar surface area (TPSA) is 90.9 Å². The highest BCUT2D eigenvalue weighted by Crippen LogP contribution is 2.25. The number of nitrogens with zero attached hydrogens (tertiary/aromatic N) is 3. The fourth-order valence-electron chi connectivity index (χ4n) is 2.46. The van der Waals surface area contributed by atoms with E-state index in [1.807, 2.05) is 0 Å². The minimum absolute atomic E-state index is 0.0715. The molecule has 1 atom stereocenters. The van der Waals surface area contributed by atoms with Crippen molar-refractivity contribution in [2.75, 3.05) is 17.2 Å². The van der Waals surface area contributed by atoms with Gasteiger partial charge >= 0.3 is 0 Å². The van der Waals surface area contributed by atoms with Crippen LogP contribution in [0.25, 0.3) is 11.2 Å². The molecule has 0 bridgehead atoms. The van der Waals surface area contributed by atoms with Crippen LogP contribution in [0, 0.1) is 5.92 Å². The molecule has 1 aliphatic rings. The first kappa shape index (κ1) is 12.7. The Labute approximate surface area is 115 Å². The Morgan fingerprint density at radius 1 is 1.53 bits per heavy atom. The molecule has 1 saturated heterocycles. The van der Waals surface area contributed by atoms with Crippen molar-refractivity contribution in [1.29, 1.82) is 0 Å². The van der Waals surface area contributed by atoms with Gasteiger partial charge in [0.15, 0.2) is 15.5 Å². The second-order valence-corrected chi connectivity index (χ2v) is 7.51. The molecule has 0 amide bonds. The van der Waals surface area contributed by atoms with E-state index >= 15 is 0 Å². The molecule has 102 valence electrons. The lowest BCUT2D eigenvalue weighted by molar-refractivity contribution is 0.501. The van der Waals surface area contributed by atoms with Crippen LogP contribution in [0.2, 0.25) is 5.02 Å². The third kappa shape index (κ3) is 2.40. The van der Waals surface area contributed by atoms with E-state index in [-0.39, 0.29) is 17.4 Å². The maximum atomic E-state index is 11.5. The third-order valence-electron chi connectivity index (χ3n) is 3.35. The first-order chi connectivity index (χ1) is 8.94. The summed E-state index contributed by atoms with van der Waals surface area (Å²) in [6.45, 7) is 0.524. The summed E-state index contributed by atoms with van der Waals surface area (Å²) in [5.41, 5.74) is 7.14.